The number of carbonyl (C=O) groups is 1. The van der Waals surface area contributed by atoms with E-state index in [0.29, 0.717) is 5.82 Å². The number of hydrogen-bond acceptors (Lipinski definition) is 4. The molecule has 2 N–H and O–H groups in total. The highest BCUT2D eigenvalue weighted by molar-refractivity contribution is 5.81. The van der Waals surface area contributed by atoms with E-state index in [1.54, 1.807) is 19.9 Å². The van der Waals surface area contributed by atoms with Crippen LogP contribution in [0.3, 0.4) is 0 Å². The van der Waals surface area contributed by atoms with Crippen molar-refractivity contribution in [3.05, 3.63) is 42.5 Å². The van der Waals surface area contributed by atoms with Crippen molar-refractivity contribution in [2.24, 2.45) is 0 Å². The summed E-state index contributed by atoms with van der Waals surface area (Å²) in [7, 11) is 0. The van der Waals surface area contributed by atoms with Crippen LogP contribution in [-0.4, -0.2) is 26.8 Å². The van der Waals surface area contributed by atoms with Gasteiger partial charge in [0.1, 0.15) is 11.4 Å². The molecule has 1 aromatic heterocycles. The molecule has 2 aromatic rings. The predicted molar refractivity (Wildman–Crippen MR) is 72.8 cm³/mol. The molecule has 0 fully saturated rings. The first kappa shape index (κ1) is 13.0. The third-order valence-corrected chi connectivity index (χ3v) is 2.71. The van der Waals surface area contributed by atoms with Gasteiger partial charge < -0.3 is 10.4 Å². The van der Waals surface area contributed by atoms with Crippen LogP contribution in [0.5, 0.6) is 0 Å². The number of nitrogens with one attached hydrogen (secondary N) is 1. The minimum Gasteiger partial charge on any atom is -0.480 e. The van der Waals surface area contributed by atoms with E-state index in [2.05, 4.69) is 15.5 Å². The van der Waals surface area contributed by atoms with Gasteiger partial charge in [-0.15, -0.1) is 10.2 Å². The number of aromatic nitrogens is 2. The maximum Gasteiger partial charge on any atom is 0.328 e. The Labute approximate surface area is 111 Å². The van der Waals surface area contributed by atoms with Gasteiger partial charge >= 0.3 is 5.97 Å². The predicted octanol–water partition coefficient (Wildman–Crippen LogP) is 2.42. The first-order chi connectivity index (χ1) is 8.99. The Hall–Kier alpha value is -2.43. The molecule has 0 atom stereocenters. The monoisotopic (exact) mass is 257 g/mol. The standard InChI is InChI=1S/C14H15N3O2/c1-14(2,13(18)19)15-12-9-8-11(16-17-12)10-6-4-3-5-7-10/h3-9H,1-2H3,(H,15,17)(H,18,19). The Morgan fingerprint density at radius 1 is 1.11 bits per heavy atom. The summed E-state index contributed by atoms with van der Waals surface area (Å²) in [5.41, 5.74) is 0.640. The summed E-state index contributed by atoms with van der Waals surface area (Å²) < 4.78 is 0. The zero-order chi connectivity index (χ0) is 13.9. The fraction of sp³-hybridized carbons (Fsp3) is 0.214. The SMILES string of the molecule is CC(C)(Nc1ccc(-c2ccccc2)nn1)C(=O)O. The van der Waals surface area contributed by atoms with Crippen LogP contribution in [0, 0.1) is 0 Å². The molecule has 0 amide bonds. The Kier molecular flexibility index (Phi) is 3.46. The van der Waals surface area contributed by atoms with Gasteiger partial charge in [-0.25, -0.2) is 4.79 Å². The second kappa shape index (κ2) is 5.06. The Morgan fingerprint density at radius 3 is 2.32 bits per heavy atom. The lowest BCUT2D eigenvalue weighted by Gasteiger charge is -2.21. The summed E-state index contributed by atoms with van der Waals surface area (Å²) in [6, 6.07) is 13.2. The third-order valence-electron chi connectivity index (χ3n) is 2.71. The smallest absolute Gasteiger partial charge is 0.328 e. The lowest BCUT2D eigenvalue weighted by atomic mass is 10.1. The fourth-order valence-electron chi connectivity index (χ4n) is 1.54. The lowest BCUT2D eigenvalue weighted by molar-refractivity contribution is -0.141. The molecule has 98 valence electrons. The highest BCUT2D eigenvalue weighted by Gasteiger charge is 2.27. The number of nitrogens with zero attached hydrogens (tertiary/aromatic N) is 2. The van der Waals surface area contributed by atoms with Crippen LogP contribution >= 0.6 is 0 Å². The van der Waals surface area contributed by atoms with E-state index in [4.69, 9.17) is 5.11 Å². The summed E-state index contributed by atoms with van der Waals surface area (Å²) in [4.78, 5) is 11.0. The van der Waals surface area contributed by atoms with Crippen LogP contribution in [0.4, 0.5) is 5.82 Å². The van der Waals surface area contributed by atoms with E-state index in [0.717, 1.165) is 11.3 Å². The molecular weight excluding hydrogens is 242 g/mol. The molecule has 0 unspecified atom stereocenters. The van der Waals surface area contributed by atoms with E-state index < -0.39 is 11.5 Å². The number of aliphatic carboxylic acids is 1. The number of rotatable bonds is 4. The molecule has 0 aliphatic heterocycles. The maximum atomic E-state index is 11.0. The third kappa shape index (κ3) is 3.07. The number of carboxylic acids is 1. The molecule has 0 saturated heterocycles. The van der Waals surface area contributed by atoms with Crippen molar-refractivity contribution in [3.63, 3.8) is 0 Å². The molecule has 1 heterocycles. The second-order valence-corrected chi connectivity index (χ2v) is 4.72. The van der Waals surface area contributed by atoms with Crippen molar-refractivity contribution < 1.29 is 9.90 Å². The van der Waals surface area contributed by atoms with Crippen molar-refractivity contribution in [2.45, 2.75) is 19.4 Å². The average molecular weight is 257 g/mol. The highest BCUT2D eigenvalue weighted by Crippen LogP contribution is 2.18. The molecule has 19 heavy (non-hydrogen) atoms. The van der Waals surface area contributed by atoms with Gasteiger partial charge in [0, 0.05) is 5.56 Å². The van der Waals surface area contributed by atoms with Crippen molar-refractivity contribution >= 4 is 11.8 Å². The highest BCUT2D eigenvalue weighted by atomic mass is 16.4. The van der Waals surface area contributed by atoms with Gasteiger partial charge in [0.25, 0.3) is 0 Å². The van der Waals surface area contributed by atoms with E-state index in [-0.39, 0.29) is 0 Å². The lowest BCUT2D eigenvalue weighted by Crippen LogP contribution is -2.40. The van der Waals surface area contributed by atoms with Crippen LogP contribution in [0.15, 0.2) is 42.5 Å². The van der Waals surface area contributed by atoms with Crippen LogP contribution in [0.2, 0.25) is 0 Å². The summed E-state index contributed by atoms with van der Waals surface area (Å²) in [5.74, 6) is -0.506. The topological polar surface area (TPSA) is 75.1 Å². The van der Waals surface area contributed by atoms with E-state index >= 15 is 0 Å². The number of carboxylic acid groups (broad SMARTS) is 1. The van der Waals surface area contributed by atoms with Crippen molar-refractivity contribution in [1.29, 1.82) is 0 Å². The van der Waals surface area contributed by atoms with E-state index in [9.17, 15) is 4.79 Å². The molecule has 1 aromatic carbocycles. The molecule has 0 radical (unpaired) electrons. The molecule has 0 aliphatic rings. The second-order valence-electron chi connectivity index (χ2n) is 4.72. The van der Waals surface area contributed by atoms with Gasteiger partial charge in [-0.05, 0) is 26.0 Å². The Morgan fingerprint density at radius 2 is 1.79 bits per heavy atom. The molecule has 0 bridgehead atoms. The maximum absolute atomic E-state index is 11.0. The first-order valence-electron chi connectivity index (χ1n) is 5.90. The minimum atomic E-state index is -1.08. The van der Waals surface area contributed by atoms with E-state index in [1.165, 1.54) is 0 Å². The fourth-order valence-corrected chi connectivity index (χ4v) is 1.54. The summed E-state index contributed by atoms with van der Waals surface area (Å²) in [6.07, 6.45) is 0. The molecular formula is C14H15N3O2. The van der Waals surface area contributed by atoms with Crippen LogP contribution < -0.4 is 5.32 Å². The van der Waals surface area contributed by atoms with Gasteiger partial charge in [0.2, 0.25) is 0 Å². The zero-order valence-electron chi connectivity index (χ0n) is 10.8. The first-order valence-corrected chi connectivity index (χ1v) is 5.90. The zero-order valence-corrected chi connectivity index (χ0v) is 10.8. The quantitative estimate of drug-likeness (QED) is 0.879. The number of anilines is 1. The van der Waals surface area contributed by atoms with Gasteiger partial charge in [0.05, 0.1) is 5.69 Å². The molecule has 5 nitrogen and oxygen atoms in total. The summed E-state index contributed by atoms with van der Waals surface area (Å²) >= 11 is 0. The van der Waals surface area contributed by atoms with Crippen LogP contribution in [0.25, 0.3) is 11.3 Å². The van der Waals surface area contributed by atoms with Crippen LogP contribution in [-0.2, 0) is 4.79 Å². The van der Waals surface area contributed by atoms with Crippen molar-refractivity contribution in [2.75, 3.05) is 5.32 Å². The molecule has 0 spiro atoms. The van der Waals surface area contributed by atoms with Gasteiger partial charge in [-0.2, -0.15) is 0 Å². The average Bonchev–Trinajstić information content (AvgIpc) is 2.40. The van der Waals surface area contributed by atoms with Crippen LogP contribution in [0.1, 0.15) is 13.8 Å². The number of benzene rings is 1. The molecule has 0 aliphatic carbocycles. The molecule has 2 rings (SSSR count). The van der Waals surface area contributed by atoms with E-state index in [1.807, 2.05) is 36.4 Å². The minimum absolute atomic E-state index is 0.437. The van der Waals surface area contributed by atoms with Gasteiger partial charge in [-0.3, -0.25) is 0 Å². The summed E-state index contributed by atoms with van der Waals surface area (Å²) in [6.45, 7) is 3.14. The molecule has 5 heteroatoms. The Bertz CT molecular complexity index is 565. The van der Waals surface area contributed by atoms with Crippen molar-refractivity contribution in [1.82, 2.24) is 10.2 Å². The summed E-state index contributed by atoms with van der Waals surface area (Å²) in [5, 5.41) is 19.9. The van der Waals surface area contributed by atoms with Gasteiger partial charge in [0.15, 0.2) is 0 Å². The largest absolute Gasteiger partial charge is 0.480 e. The van der Waals surface area contributed by atoms with Crippen molar-refractivity contribution in [3.8, 4) is 11.3 Å². The number of hydrogen-bond donors (Lipinski definition) is 2. The normalized spacial score (nSPS) is 11.1. The Balaban J connectivity index is 2.18. The molecule has 0 saturated carbocycles. The van der Waals surface area contributed by atoms with Gasteiger partial charge in [-0.1, -0.05) is 30.3 Å².